The number of anilines is 1. The number of fused-ring (bicyclic) bond motifs is 1. The van der Waals surface area contributed by atoms with E-state index in [1.807, 2.05) is 25.1 Å². The van der Waals surface area contributed by atoms with Crippen LogP contribution in [-0.4, -0.2) is 23.1 Å². The van der Waals surface area contributed by atoms with Gasteiger partial charge < -0.3 is 5.32 Å². The van der Waals surface area contributed by atoms with Gasteiger partial charge in [0.2, 0.25) is 5.91 Å². The first-order valence-electron chi connectivity index (χ1n) is 6.17. The lowest BCUT2D eigenvalue weighted by Crippen LogP contribution is -2.24. The summed E-state index contributed by atoms with van der Waals surface area (Å²) in [7, 11) is 0. The van der Waals surface area contributed by atoms with Crippen LogP contribution in [-0.2, 0) is 4.79 Å². The van der Waals surface area contributed by atoms with Gasteiger partial charge in [0.1, 0.15) is 0 Å². The second kappa shape index (κ2) is 4.97. The van der Waals surface area contributed by atoms with Crippen LogP contribution in [0.2, 0.25) is 0 Å². The zero-order valence-corrected chi connectivity index (χ0v) is 11.3. The van der Waals surface area contributed by atoms with Gasteiger partial charge >= 0.3 is 0 Å². The number of benzene rings is 1. The summed E-state index contributed by atoms with van der Waals surface area (Å²) < 4.78 is 1.17. The highest BCUT2D eigenvalue weighted by atomic mass is 32.1. The molecule has 0 bridgehead atoms. The van der Waals surface area contributed by atoms with Crippen LogP contribution in [0.15, 0.2) is 29.4 Å². The molecule has 2 aromatic rings. The van der Waals surface area contributed by atoms with Crippen molar-refractivity contribution < 1.29 is 4.79 Å². The predicted molar refractivity (Wildman–Crippen MR) is 77.5 cm³/mol. The molecule has 1 aliphatic heterocycles. The Labute approximate surface area is 114 Å². The molecule has 0 fully saturated rings. The fraction of sp³-hybridized carbons (Fsp3) is 0.308. The van der Waals surface area contributed by atoms with E-state index in [0.29, 0.717) is 6.54 Å². The molecule has 1 aromatic heterocycles. The van der Waals surface area contributed by atoms with Crippen molar-refractivity contribution in [2.45, 2.75) is 13.3 Å². The van der Waals surface area contributed by atoms with E-state index in [9.17, 15) is 4.79 Å². The molecule has 1 aliphatic rings. The van der Waals surface area contributed by atoms with Crippen LogP contribution in [0.1, 0.15) is 13.3 Å². The molecule has 0 spiro atoms. The molecule has 1 unspecified atom stereocenters. The van der Waals surface area contributed by atoms with Gasteiger partial charge in [-0.15, -0.1) is 0 Å². The van der Waals surface area contributed by atoms with Crippen molar-refractivity contribution in [1.29, 1.82) is 0 Å². The molecule has 0 saturated carbocycles. The van der Waals surface area contributed by atoms with E-state index >= 15 is 0 Å². The van der Waals surface area contributed by atoms with Gasteiger partial charge in [0, 0.05) is 12.3 Å². The molecule has 0 aliphatic carbocycles. The molecule has 1 amide bonds. The van der Waals surface area contributed by atoms with E-state index < -0.39 is 0 Å². The van der Waals surface area contributed by atoms with E-state index in [1.54, 1.807) is 11.3 Å². The van der Waals surface area contributed by atoms with Crippen molar-refractivity contribution in [1.82, 2.24) is 10.4 Å². The first-order valence-corrected chi connectivity index (χ1v) is 6.99. The lowest BCUT2D eigenvalue weighted by atomic mass is 10.0. The lowest BCUT2D eigenvalue weighted by Gasteiger charge is -2.07. The van der Waals surface area contributed by atoms with Crippen molar-refractivity contribution in [3.05, 3.63) is 24.3 Å². The fourth-order valence-corrected chi connectivity index (χ4v) is 2.99. The molecule has 1 aromatic carbocycles. The third kappa shape index (κ3) is 2.44. The van der Waals surface area contributed by atoms with Gasteiger partial charge in [0.05, 0.1) is 16.1 Å². The molecule has 2 heterocycles. The molecule has 0 radical (unpaired) electrons. The Balaban J connectivity index is 1.60. The number of nitrogens with zero attached hydrogens (tertiary/aromatic N) is 2. The average molecular weight is 274 g/mol. The number of nitrogens with one attached hydrogen (secondary N) is 2. The summed E-state index contributed by atoms with van der Waals surface area (Å²) >= 11 is 1.63. The molecule has 98 valence electrons. The van der Waals surface area contributed by atoms with Crippen LogP contribution in [0.5, 0.6) is 0 Å². The summed E-state index contributed by atoms with van der Waals surface area (Å²) in [4.78, 5) is 16.0. The molecule has 1 atom stereocenters. The third-order valence-corrected chi connectivity index (χ3v) is 4.16. The van der Waals surface area contributed by atoms with Gasteiger partial charge in [-0.1, -0.05) is 23.5 Å². The van der Waals surface area contributed by atoms with Crippen LogP contribution in [0, 0.1) is 5.92 Å². The normalized spacial score (nSPS) is 18.5. The number of carbonyl (C=O) groups excluding carboxylic acids is 1. The minimum absolute atomic E-state index is 0.0106. The Hall–Kier alpha value is -1.95. The van der Waals surface area contributed by atoms with Crippen molar-refractivity contribution in [3.8, 4) is 0 Å². The first-order chi connectivity index (χ1) is 9.24. The monoisotopic (exact) mass is 274 g/mol. The number of aromatic nitrogens is 1. The summed E-state index contributed by atoms with van der Waals surface area (Å²) in [6, 6.07) is 8.04. The minimum atomic E-state index is -0.109. The number of hydrazone groups is 1. The highest BCUT2D eigenvalue weighted by Crippen LogP contribution is 2.25. The Morgan fingerprint density at radius 3 is 3.00 bits per heavy atom. The molecule has 2 N–H and O–H groups in total. The number of hydrogen-bond donors (Lipinski definition) is 2. The van der Waals surface area contributed by atoms with Gasteiger partial charge in [-0.3, -0.25) is 4.79 Å². The van der Waals surface area contributed by atoms with Crippen molar-refractivity contribution in [3.63, 3.8) is 0 Å². The summed E-state index contributed by atoms with van der Waals surface area (Å²) in [6.45, 7) is 2.59. The van der Waals surface area contributed by atoms with Crippen LogP contribution in [0.4, 0.5) is 5.13 Å². The van der Waals surface area contributed by atoms with Crippen molar-refractivity contribution >= 4 is 38.3 Å². The highest BCUT2D eigenvalue weighted by Gasteiger charge is 2.26. The summed E-state index contributed by atoms with van der Waals surface area (Å²) in [5, 5.41) is 8.11. The summed E-state index contributed by atoms with van der Waals surface area (Å²) in [5.41, 5.74) is 4.36. The van der Waals surface area contributed by atoms with E-state index in [4.69, 9.17) is 0 Å². The Bertz CT molecular complexity index is 616. The Morgan fingerprint density at radius 2 is 2.26 bits per heavy atom. The largest absolute Gasteiger partial charge is 0.361 e. The maximum Gasteiger partial charge on any atom is 0.248 e. The van der Waals surface area contributed by atoms with Gasteiger partial charge in [0.15, 0.2) is 5.13 Å². The van der Waals surface area contributed by atoms with Crippen molar-refractivity contribution in [2.24, 2.45) is 11.0 Å². The van der Waals surface area contributed by atoms with Gasteiger partial charge in [0.25, 0.3) is 0 Å². The van der Waals surface area contributed by atoms with Crippen LogP contribution < -0.4 is 10.7 Å². The quantitative estimate of drug-likeness (QED) is 0.898. The number of thiazole rings is 1. The van der Waals surface area contributed by atoms with E-state index in [0.717, 1.165) is 22.8 Å². The van der Waals surface area contributed by atoms with Crippen LogP contribution >= 0.6 is 11.3 Å². The maximum atomic E-state index is 11.5. The maximum absolute atomic E-state index is 11.5. The molecule has 0 saturated heterocycles. The number of amides is 1. The second-order valence-electron chi connectivity index (χ2n) is 4.48. The Morgan fingerprint density at radius 1 is 1.42 bits per heavy atom. The highest BCUT2D eigenvalue weighted by molar-refractivity contribution is 7.22. The van der Waals surface area contributed by atoms with E-state index in [1.165, 1.54) is 4.70 Å². The summed E-state index contributed by atoms with van der Waals surface area (Å²) in [5.74, 6) is -0.120. The first kappa shape index (κ1) is 12.1. The average Bonchev–Trinajstić information content (AvgIpc) is 2.95. The van der Waals surface area contributed by atoms with Crippen LogP contribution in [0.25, 0.3) is 10.2 Å². The SMILES string of the molecule is CC1=NNC(=O)C1CCNc1nc2ccccc2s1. The number of carbonyl (C=O) groups is 1. The zero-order valence-electron chi connectivity index (χ0n) is 10.5. The second-order valence-corrected chi connectivity index (χ2v) is 5.51. The number of para-hydroxylation sites is 1. The van der Waals surface area contributed by atoms with Gasteiger partial charge in [-0.2, -0.15) is 5.10 Å². The van der Waals surface area contributed by atoms with Crippen LogP contribution in [0.3, 0.4) is 0 Å². The number of hydrogen-bond acceptors (Lipinski definition) is 5. The Kier molecular flexibility index (Phi) is 3.16. The topological polar surface area (TPSA) is 66.4 Å². The predicted octanol–water partition coefficient (Wildman–Crippen LogP) is 2.22. The molecule has 6 heteroatoms. The molecular weight excluding hydrogens is 260 g/mol. The van der Waals surface area contributed by atoms with Gasteiger partial charge in [-0.25, -0.2) is 10.4 Å². The van der Waals surface area contributed by atoms with Gasteiger partial charge in [-0.05, 0) is 25.5 Å². The summed E-state index contributed by atoms with van der Waals surface area (Å²) in [6.07, 6.45) is 0.733. The van der Waals surface area contributed by atoms with E-state index in [2.05, 4.69) is 26.9 Å². The molecule has 5 nitrogen and oxygen atoms in total. The molecular formula is C13H14N4OS. The molecule has 19 heavy (non-hydrogen) atoms. The third-order valence-electron chi connectivity index (χ3n) is 3.17. The standard InChI is InChI=1S/C13H14N4OS/c1-8-9(12(18)17-16-8)6-7-14-13-15-10-4-2-3-5-11(10)19-13/h2-5,9H,6-7H2,1H3,(H,14,15)(H,17,18). The zero-order chi connectivity index (χ0) is 13.2. The fourth-order valence-electron chi connectivity index (χ4n) is 2.10. The smallest absolute Gasteiger partial charge is 0.248 e. The molecule has 3 rings (SSSR count). The van der Waals surface area contributed by atoms with Crippen molar-refractivity contribution in [2.75, 3.05) is 11.9 Å². The number of rotatable bonds is 4. The van der Waals surface area contributed by atoms with E-state index in [-0.39, 0.29) is 11.8 Å². The minimum Gasteiger partial charge on any atom is -0.361 e. The lowest BCUT2D eigenvalue weighted by molar-refractivity contribution is -0.122.